The van der Waals surface area contributed by atoms with E-state index in [1.807, 2.05) is 12.1 Å². The molecule has 2 aliphatic rings. The average molecular weight is 363 g/mol. The molecule has 25 heavy (non-hydrogen) atoms. The summed E-state index contributed by atoms with van der Waals surface area (Å²) in [6.07, 6.45) is 0. The van der Waals surface area contributed by atoms with Gasteiger partial charge in [0.1, 0.15) is 5.75 Å². The summed E-state index contributed by atoms with van der Waals surface area (Å²) in [6.45, 7) is 7.29. The van der Waals surface area contributed by atoms with Crippen molar-refractivity contribution < 1.29 is 4.74 Å². The second-order valence-electron chi connectivity index (χ2n) is 6.48. The number of hydrogen-bond donors (Lipinski definition) is 2. The Balaban J connectivity index is 1.71. The molecule has 3 rings (SSSR count). The van der Waals surface area contributed by atoms with Gasteiger partial charge in [-0.05, 0) is 37.5 Å². The van der Waals surface area contributed by atoms with E-state index in [0.717, 1.165) is 62.8 Å². The van der Waals surface area contributed by atoms with Gasteiger partial charge in [-0.2, -0.15) is 5.10 Å². The molecule has 2 aliphatic heterocycles. The summed E-state index contributed by atoms with van der Waals surface area (Å²) in [5.41, 5.74) is 11.4. The SMILES string of the molecule is COc1ccc2c(c1)/C(=N/NC(N)=S)CN2CCN1CCN(C)CC1. The highest BCUT2D eigenvalue weighted by Crippen LogP contribution is 2.31. The van der Waals surface area contributed by atoms with E-state index in [0.29, 0.717) is 0 Å². The van der Waals surface area contributed by atoms with E-state index in [2.05, 4.69) is 38.3 Å². The van der Waals surface area contributed by atoms with Crippen LogP contribution in [0.15, 0.2) is 23.3 Å². The van der Waals surface area contributed by atoms with Gasteiger partial charge in [0.05, 0.1) is 19.4 Å². The van der Waals surface area contributed by atoms with Crippen LogP contribution in [0.2, 0.25) is 0 Å². The van der Waals surface area contributed by atoms with Crippen molar-refractivity contribution in [2.75, 3.05) is 64.9 Å². The third-order valence-electron chi connectivity index (χ3n) is 4.78. The predicted octanol–water partition coefficient (Wildman–Crippen LogP) is 0.300. The quantitative estimate of drug-likeness (QED) is 0.577. The largest absolute Gasteiger partial charge is 0.497 e. The first kappa shape index (κ1) is 17.9. The van der Waals surface area contributed by atoms with Crippen molar-refractivity contribution in [2.24, 2.45) is 10.8 Å². The van der Waals surface area contributed by atoms with E-state index in [-0.39, 0.29) is 5.11 Å². The lowest BCUT2D eigenvalue weighted by atomic mass is 10.1. The maximum atomic E-state index is 5.51. The molecule has 1 aromatic carbocycles. The normalized spacial score (nSPS) is 19.9. The van der Waals surface area contributed by atoms with Crippen molar-refractivity contribution in [1.29, 1.82) is 0 Å². The smallest absolute Gasteiger partial charge is 0.184 e. The molecule has 2 heterocycles. The fourth-order valence-electron chi connectivity index (χ4n) is 3.25. The summed E-state index contributed by atoms with van der Waals surface area (Å²) in [7, 11) is 3.85. The average Bonchev–Trinajstić information content (AvgIpc) is 2.96. The maximum Gasteiger partial charge on any atom is 0.184 e. The number of piperazine rings is 1. The Hall–Kier alpha value is -1.90. The number of nitrogens with zero attached hydrogens (tertiary/aromatic N) is 4. The fraction of sp³-hybridized carbons (Fsp3) is 0.529. The molecule has 136 valence electrons. The van der Waals surface area contributed by atoms with Gasteiger partial charge in [-0.15, -0.1) is 0 Å². The second kappa shape index (κ2) is 7.99. The number of rotatable bonds is 5. The van der Waals surface area contributed by atoms with Crippen molar-refractivity contribution in [3.05, 3.63) is 23.8 Å². The van der Waals surface area contributed by atoms with Crippen molar-refractivity contribution in [1.82, 2.24) is 15.2 Å². The summed E-state index contributed by atoms with van der Waals surface area (Å²) in [6, 6.07) is 6.11. The van der Waals surface area contributed by atoms with Crippen LogP contribution >= 0.6 is 12.2 Å². The van der Waals surface area contributed by atoms with Crippen LogP contribution in [0.3, 0.4) is 0 Å². The van der Waals surface area contributed by atoms with Crippen LogP contribution in [0.25, 0.3) is 0 Å². The minimum atomic E-state index is 0.174. The molecule has 1 aromatic rings. The minimum absolute atomic E-state index is 0.174. The molecular formula is C17H26N6OS. The first-order valence-corrected chi connectivity index (χ1v) is 8.94. The maximum absolute atomic E-state index is 5.51. The minimum Gasteiger partial charge on any atom is -0.497 e. The lowest BCUT2D eigenvalue weighted by Gasteiger charge is -2.33. The van der Waals surface area contributed by atoms with Crippen LogP contribution in [0.1, 0.15) is 5.56 Å². The van der Waals surface area contributed by atoms with Crippen molar-refractivity contribution in [2.45, 2.75) is 0 Å². The topological polar surface area (TPSA) is 69.4 Å². The molecule has 8 heteroatoms. The fourth-order valence-corrected chi connectivity index (χ4v) is 3.30. The van der Waals surface area contributed by atoms with Gasteiger partial charge in [0.15, 0.2) is 5.11 Å². The van der Waals surface area contributed by atoms with Crippen molar-refractivity contribution >= 4 is 28.7 Å². The predicted molar refractivity (Wildman–Crippen MR) is 106 cm³/mol. The highest BCUT2D eigenvalue weighted by Gasteiger charge is 2.26. The van der Waals surface area contributed by atoms with Crippen LogP contribution in [-0.4, -0.2) is 80.6 Å². The highest BCUT2D eigenvalue weighted by atomic mass is 32.1. The van der Waals surface area contributed by atoms with E-state index in [9.17, 15) is 0 Å². The second-order valence-corrected chi connectivity index (χ2v) is 6.92. The van der Waals surface area contributed by atoms with E-state index in [1.54, 1.807) is 7.11 Å². The molecule has 3 N–H and O–H groups in total. The third kappa shape index (κ3) is 4.39. The third-order valence-corrected chi connectivity index (χ3v) is 4.87. The number of hydrazone groups is 1. The monoisotopic (exact) mass is 362 g/mol. The molecule has 0 atom stereocenters. The summed E-state index contributed by atoms with van der Waals surface area (Å²) in [5.74, 6) is 0.822. The Morgan fingerprint density at radius 2 is 2.04 bits per heavy atom. The molecule has 0 aromatic heterocycles. The number of thiocarbonyl (C=S) groups is 1. The van der Waals surface area contributed by atoms with Gasteiger partial charge in [0.2, 0.25) is 0 Å². The van der Waals surface area contributed by atoms with Crippen LogP contribution < -0.4 is 20.8 Å². The molecule has 0 radical (unpaired) electrons. The highest BCUT2D eigenvalue weighted by molar-refractivity contribution is 7.80. The van der Waals surface area contributed by atoms with Gasteiger partial charge < -0.3 is 20.3 Å². The zero-order chi connectivity index (χ0) is 17.8. The van der Waals surface area contributed by atoms with Gasteiger partial charge in [-0.25, -0.2) is 0 Å². The summed E-state index contributed by atoms with van der Waals surface area (Å²) >= 11 is 4.86. The molecule has 0 saturated carbocycles. The molecule has 0 unspecified atom stereocenters. The molecule has 0 bridgehead atoms. The van der Waals surface area contributed by atoms with Crippen molar-refractivity contribution in [3.63, 3.8) is 0 Å². The van der Waals surface area contributed by atoms with Gasteiger partial charge in [0, 0.05) is 50.5 Å². The Morgan fingerprint density at radius 1 is 1.28 bits per heavy atom. The molecular weight excluding hydrogens is 336 g/mol. The number of likely N-dealkylation sites (N-methyl/N-ethyl adjacent to an activating group) is 1. The first-order valence-electron chi connectivity index (χ1n) is 8.53. The molecule has 0 aliphatic carbocycles. The zero-order valence-corrected chi connectivity index (χ0v) is 15.7. The standard InChI is InChI=1S/C17H26N6OS/c1-21-5-7-22(8-6-21)9-10-23-12-15(19-20-17(18)25)14-11-13(24-2)3-4-16(14)23/h3-4,11H,5-10,12H2,1-2H3,(H3,18,20,25)/b19-15+. The number of nitrogens with one attached hydrogen (secondary N) is 1. The number of nitrogens with two attached hydrogens (primary N) is 1. The number of ether oxygens (including phenoxy) is 1. The van der Waals surface area contributed by atoms with E-state index >= 15 is 0 Å². The summed E-state index contributed by atoms with van der Waals surface area (Å²) in [5, 5.41) is 4.55. The summed E-state index contributed by atoms with van der Waals surface area (Å²) in [4.78, 5) is 7.25. The number of methoxy groups -OCH3 is 1. The molecule has 0 spiro atoms. The van der Waals surface area contributed by atoms with Gasteiger partial charge in [-0.1, -0.05) is 0 Å². The number of hydrogen-bond acceptors (Lipinski definition) is 6. The van der Waals surface area contributed by atoms with Crippen LogP contribution in [0, 0.1) is 0 Å². The van der Waals surface area contributed by atoms with E-state index < -0.39 is 0 Å². The van der Waals surface area contributed by atoms with Crippen molar-refractivity contribution in [3.8, 4) is 5.75 Å². The van der Waals surface area contributed by atoms with Gasteiger partial charge >= 0.3 is 0 Å². The lowest BCUT2D eigenvalue weighted by molar-refractivity contribution is 0.157. The van der Waals surface area contributed by atoms with Gasteiger partial charge in [-0.3, -0.25) is 10.3 Å². The molecule has 1 fully saturated rings. The molecule has 1 saturated heterocycles. The summed E-state index contributed by atoms with van der Waals surface area (Å²) < 4.78 is 5.36. The molecule has 0 amide bonds. The van der Waals surface area contributed by atoms with Gasteiger partial charge in [0.25, 0.3) is 0 Å². The van der Waals surface area contributed by atoms with Crippen LogP contribution in [0.5, 0.6) is 5.75 Å². The lowest BCUT2D eigenvalue weighted by Crippen LogP contribution is -2.47. The van der Waals surface area contributed by atoms with E-state index in [1.165, 1.54) is 5.69 Å². The van der Waals surface area contributed by atoms with Crippen LogP contribution in [-0.2, 0) is 0 Å². The first-order chi connectivity index (χ1) is 12.1. The number of benzene rings is 1. The van der Waals surface area contributed by atoms with E-state index in [4.69, 9.17) is 22.7 Å². The Morgan fingerprint density at radius 3 is 2.72 bits per heavy atom. The zero-order valence-electron chi connectivity index (χ0n) is 14.9. The Kier molecular flexibility index (Phi) is 5.72. The molecule has 7 nitrogen and oxygen atoms in total. The Bertz CT molecular complexity index is 657. The van der Waals surface area contributed by atoms with Crippen LogP contribution in [0.4, 0.5) is 5.69 Å². The number of fused-ring (bicyclic) bond motifs is 1. The number of anilines is 1. The Labute approximate surface area is 154 Å².